The third kappa shape index (κ3) is 2.52. The first-order valence-corrected chi connectivity index (χ1v) is 7.74. The largest absolute Gasteiger partial charge is 0.399 e. The number of nitrogen functional groups attached to an aromatic ring is 1. The van der Waals surface area contributed by atoms with Gasteiger partial charge in [-0.05, 0) is 50.5 Å². The van der Waals surface area contributed by atoms with Gasteiger partial charge in [0.2, 0.25) is 10.0 Å². The standard InChI is InChI=1S/C13H20N2O2S/c1-10-7-12(14)9-13(8-10)18(16,17)15-6-4-3-5-11(15)2/h7-9,11H,3-6,14H2,1-2H3. The monoisotopic (exact) mass is 268 g/mol. The lowest BCUT2D eigenvalue weighted by Gasteiger charge is -2.32. The van der Waals surface area contributed by atoms with Crippen molar-refractivity contribution in [2.45, 2.75) is 44.0 Å². The van der Waals surface area contributed by atoms with Gasteiger partial charge in [0.1, 0.15) is 0 Å². The van der Waals surface area contributed by atoms with Crippen LogP contribution < -0.4 is 5.73 Å². The average Bonchev–Trinajstić information content (AvgIpc) is 2.28. The molecular weight excluding hydrogens is 248 g/mol. The second-order valence-electron chi connectivity index (χ2n) is 5.04. The van der Waals surface area contributed by atoms with E-state index < -0.39 is 10.0 Å². The molecule has 1 fully saturated rings. The summed E-state index contributed by atoms with van der Waals surface area (Å²) in [5.74, 6) is 0. The van der Waals surface area contributed by atoms with E-state index in [2.05, 4.69) is 0 Å². The van der Waals surface area contributed by atoms with Crippen molar-refractivity contribution >= 4 is 15.7 Å². The Morgan fingerprint density at radius 1 is 1.28 bits per heavy atom. The summed E-state index contributed by atoms with van der Waals surface area (Å²) in [6.07, 6.45) is 2.97. The number of aryl methyl sites for hydroxylation is 1. The molecule has 18 heavy (non-hydrogen) atoms. The number of nitrogens with zero attached hydrogens (tertiary/aromatic N) is 1. The Kier molecular flexibility index (Phi) is 3.64. The second kappa shape index (κ2) is 4.90. The highest BCUT2D eigenvalue weighted by molar-refractivity contribution is 7.89. The first-order valence-electron chi connectivity index (χ1n) is 6.30. The number of anilines is 1. The predicted molar refractivity (Wildman–Crippen MR) is 72.8 cm³/mol. The van der Waals surface area contributed by atoms with Gasteiger partial charge in [0.05, 0.1) is 4.90 Å². The van der Waals surface area contributed by atoms with E-state index in [9.17, 15) is 8.42 Å². The normalized spacial score (nSPS) is 22.0. The van der Waals surface area contributed by atoms with Gasteiger partial charge in [-0.25, -0.2) is 8.42 Å². The molecule has 100 valence electrons. The van der Waals surface area contributed by atoms with Crippen LogP contribution in [-0.4, -0.2) is 25.3 Å². The highest BCUT2D eigenvalue weighted by Crippen LogP contribution is 2.26. The van der Waals surface area contributed by atoms with Crippen molar-refractivity contribution in [2.75, 3.05) is 12.3 Å². The van der Waals surface area contributed by atoms with E-state index in [0.717, 1.165) is 24.8 Å². The van der Waals surface area contributed by atoms with Crippen molar-refractivity contribution in [3.8, 4) is 0 Å². The molecule has 1 aliphatic rings. The van der Waals surface area contributed by atoms with E-state index in [1.807, 2.05) is 13.8 Å². The minimum absolute atomic E-state index is 0.0745. The van der Waals surface area contributed by atoms with Gasteiger partial charge in [0.15, 0.2) is 0 Å². The third-order valence-electron chi connectivity index (χ3n) is 3.42. The second-order valence-corrected chi connectivity index (χ2v) is 6.93. The first kappa shape index (κ1) is 13.4. The van der Waals surface area contributed by atoms with Crippen LogP contribution in [0.25, 0.3) is 0 Å². The van der Waals surface area contributed by atoms with Gasteiger partial charge in [0.25, 0.3) is 0 Å². The molecule has 1 aromatic rings. The molecule has 0 bridgehead atoms. The predicted octanol–water partition coefficient (Wildman–Crippen LogP) is 2.14. The topological polar surface area (TPSA) is 63.4 Å². The quantitative estimate of drug-likeness (QED) is 0.836. The summed E-state index contributed by atoms with van der Waals surface area (Å²) < 4.78 is 26.7. The van der Waals surface area contributed by atoms with E-state index in [1.54, 1.807) is 22.5 Å². The smallest absolute Gasteiger partial charge is 0.243 e. The molecule has 1 saturated heterocycles. The van der Waals surface area contributed by atoms with Crippen LogP contribution in [0.2, 0.25) is 0 Å². The molecule has 5 heteroatoms. The molecule has 0 aromatic heterocycles. The molecule has 1 aromatic carbocycles. The van der Waals surface area contributed by atoms with Crippen molar-refractivity contribution in [1.29, 1.82) is 0 Å². The maximum absolute atomic E-state index is 12.6. The van der Waals surface area contributed by atoms with Crippen LogP contribution in [0.4, 0.5) is 5.69 Å². The summed E-state index contributed by atoms with van der Waals surface area (Å²) in [4.78, 5) is 0.314. The minimum atomic E-state index is -3.40. The number of nitrogens with two attached hydrogens (primary N) is 1. The summed E-state index contributed by atoms with van der Waals surface area (Å²) in [6, 6.07) is 5.08. The van der Waals surface area contributed by atoms with Crippen molar-refractivity contribution < 1.29 is 8.42 Å². The number of hydrogen-bond donors (Lipinski definition) is 1. The fraction of sp³-hybridized carbons (Fsp3) is 0.538. The lowest BCUT2D eigenvalue weighted by molar-refractivity contribution is 0.268. The number of rotatable bonds is 2. The summed E-state index contributed by atoms with van der Waals surface area (Å²) in [5, 5.41) is 0. The van der Waals surface area contributed by atoms with E-state index >= 15 is 0 Å². The van der Waals surface area contributed by atoms with Gasteiger partial charge in [-0.2, -0.15) is 4.31 Å². The zero-order chi connectivity index (χ0) is 13.3. The number of piperidine rings is 1. The Morgan fingerprint density at radius 3 is 2.61 bits per heavy atom. The van der Waals surface area contributed by atoms with Gasteiger partial charge in [0, 0.05) is 18.3 Å². The number of benzene rings is 1. The van der Waals surface area contributed by atoms with Crippen LogP contribution in [0.15, 0.2) is 23.1 Å². The molecule has 0 aliphatic carbocycles. The molecule has 1 aliphatic heterocycles. The zero-order valence-corrected chi connectivity index (χ0v) is 11.7. The first-order chi connectivity index (χ1) is 8.41. The zero-order valence-electron chi connectivity index (χ0n) is 10.9. The van der Waals surface area contributed by atoms with Crippen molar-refractivity contribution in [3.63, 3.8) is 0 Å². The van der Waals surface area contributed by atoms with Crippen LogP contribution in [0.5, 0.6) is 0 Å². The lowest BCUT2D eigenvalue weighted by Crippen LogP contribution is -2.41. The van der Waals surface area contributed by atoms with Gasteiger partial charge >= 0.3 is 0 Å². The fourth-order valence-electron chi connectivity index (χ4n) is 2.49. The maximum atomic E-state index is 12.6. The van der Waals surface area contributed by atoms with E-state index in [-0.39, 0.29) is 6.04 Å². The summed E-state index contributed by atoms with van der Waals surface area (Å²) in [5.41, 5.74) is 7.11. The number of sulfonamides is 1. The SMILES string of the molecule is Cc1cc(N)cc(S(=O)(=O)N2CCCCC2C)c1. The molecular formula is C13H20N2O2S. The molecule has 1 atom stereocenters. The van der Waals surface area contributed by atoms with Gasteiger partial charge in [-0.1, -0.05) is 6.42 Å². The van der Waals surface area contributed by atoms with Crippen molar-refractivity contribution in [2.24, 2.45) is 0 Å². The van der Waals surface area contributed by atoms with Crippen LogP contribution in [-0.2, 0) is 10.0 Å². The highest BCUT2D eigenvalue weighted by atomic mass is 32.2. The summed E-state index contributed by atoms with van der Waals surface area (Å²) in [6.45, 7) is 4.43. The molecule has 1 heterocycles. The minimum Gasteiger partial charge on any atom is -0.399 e. The molecule has 1 unspecified atom stereocenters. The summed E-state index contributed by atoms with van der Waals surface area (Å²) in [7, 11) is -3.40. The van der Waals surface area contributed by atoms with Crippen molar-refractivity contribution in [1.82, 2.24) is 4.31 Å². The maximum Gasteiger partial charge on any atom is 0.243 e. The molecule has 2 N–H and O–H groups in total. The Hall–Kier alpha value is -1.07. The highest BCUT2D eigenvalue weighted by Gasteiger charge is 2.31. The Morgan fingerprint density at radius 2 is 2.00 bits per heavy atom. The van der Waals surface area contributed by atoms with E-state index in [1.165, 1.54) is 0 Å². The van der Waals surface area contributed by atoms with Crippen LogP contribution >= 0.6 is 0 Å². The Balaban J connectivity index is 2.40. The average molecular weight is 268 g/mol. The molecule has 4 nitrogen and oxygen atoms in total. The van der Waals surface area contributed by atoms with Gasteiger partial charge in [-0.15, -0.1) is 0 Å². The van der Waals surface area contributed by atoms with Crippen molar-refractivity contribution in [3.05, 3.63) is 23.8 Å². The van der Waals surface area contributed by atoms with E-state index in [4.69, 9.17) is 5.73 Å². The molecule has 2 rings (SSSR count). The molecule has 0 radical (unpaired) electrons. The molecule has 0 saturated carbocycles. The number of hydrogen-bond acceptors (Lipinski definition) is 3. The Bertz CT molecular complexity index is 520. The fourth-order valence-corrected chi connectivity index (χ4v) is 4.33. The third-order valence-corrected chi connectivity index (χ3v) is 5.41. The molecule has 0 amide bonds. The lowest BCUT2D eigenvalue weighted by atomic mass is 10.1. The van der Waals surface area contributed by atoms with Gasteiger partial charge in [-0.3, -0.25) is 0 Å². The Labute approximate surface area is 109 Å². The van der Waals surface area contributed by atoms with Crippen LogP contribution in [0, 0.1) is 6.92 Å². The van der Waals surface area contributed by atoms with E-state index in [0.29, 0.717) is 17.1 Å². The van der Waals surface area contributed by atoms with Crippen LogP contribution in [0.3, 0.4) is 0 Å². The van der Waals surface area contributed by atoms with Gasteiger partial charge < -0.3 is 5.73 Å². The summed E-state index contributed by atoms with van der Waals surface area (Å²) >= 11 is 0. The molecule has 0 spiro atoms. The van der Waals surface area contributed by atoms with Crippen LogP contribution in [0.1, 0.15) is 31.7 Å².